The number of rotatable bonds is 8. The van der Waals surface area contributed by atoms with E-state index in [1.165, 1.54) is 18.3 Å². The maximum Gasteiger partial charge on any atom is 0.276 e. The predicted molar refractivity (Wildman–Crippen MR) is 106 cm³/mol. The van der Waals surface area contributed by atoms with E-state index < -0.39 is 10.0 Å². The third-order valence-electron chi connectivity index (χ3n) is 3.34. The number of hydrazone groups is 1. The quantitative estimate of drug-likeness (QED) is 0.499. The highest BCUT2D eigenvalue weighted by molar-refractivity contribution is 9.10. The number of benzene rings is 2. The second-order valence-corrected chi connectivity index (χ2v) is 7.88. The van der Waals surface area contributed by atoms with Crippen LogP contribution in [0.15, 0.2) is 50.9 Å². The van der Waals surface area contributed by atoms with Crippen molar-refractivity contribution in [1.82, 2.24) is 4.83 Å². The summed E-state index contributed by atoms with van der Waals surface area (Å²) in [7, 11) is -3.71. The molecule has 26 heavy (non-hydrogen) atoms. The van der Waals surface area contributed by atoms with Gasteiger partial charge in [-0.15, -0.1) is 0 Å². The summed E-state index contributed by atoms with van der Waals surface area (Å²) in [6.45, 7) is 6.63. The van der Waals surface area contributed by atoms with E-state index in [1.54, 1.807) is 24.3 Å². The van der Waals surface area contributed by atoms with Crippen molar-refractivity contribution in [3.63, 3.8) is 0 Å². The minimum Gasteiger partial charge on any atom is -0.490 e. The molecule has 0 spiro atoms. The van der Waals surface area contributed by atoms with Crippen LogP contribution >= 0.6 is 15.9 Å². The lowest BCUT2D eigenvalue weighted by atomic mass is 10.2. The summed E-state index contributed by atoms with van der Waals surface area (Å²) in [6, 6.07) is 10.0. The topological polar surface area (TPSA) is 77.0 Å². The van der Waals surface area contributed by atoms with E-state index in [0.29, 0.717) is 34.7 Å². The molecule has 0 fully saturated rings. The summed E-state index contributed by atoms with van der Waals surface area (Å²) in [4.78, 5) is 2.36. The van der Waals surface area contributed by atoms with Gasteiger partial charge in [0.15, 0.2) is 11.5 Å². The van der Waals surface area contributed by atoms with Crippen molar-refractivity contribution in [3.05, 3.63) is 52.0 Å². The fourth-order valence-corrected chi connectivity index (χ4v) is 3.52. The van der Waals surface area contributed by atoms with Gasteiger partial charge in [0.2, 0.25) is 0 Å². The van der Waals surface area contributed by atoms with Crippen molar-refractivity contribution in [1.29, 1.82) is 0 Å². The first-order valence-corrected chi connectivity index (χ1v) is 10.4. The zero-order valence-electron chi connectivity index (χ0n) is 14.8. The number of ether oxygens (including phenoxy) is 2. The summed E-state index contributed by atoms with van der Waals surface area (Å²) in [5.74, 6) is 1.17. The molecule has 0 aliphatic carbocycles. The summed E-state index contributed by atoms with van der Waals surface area (Å²) in [6.07, 6.45) is 1.41. The maximum atomic E-state index is 12.2. The van der Waals surface area contributed by atoms with Gasteiger partial charge in [0.1, 0.15) is 0 Å². The van der Waals surface area contributed by atoms with Crippen molar-refractivity contribution in [2.75, 3.05) is 13.2 Å². The number of hydrogen-bond donors (Lipinski definition) is 1. The van der Waals surface area contributed by atoms with Gasteiger partial charge < -0.3 is 9.47 Å². The molecular weight excluding hydrogens is 420 g/mol. The van der Waals surface area contributed by atoms with Crippen LogP contribution in [-0.4, -0.2) is 27.8 Å². The molecular formula is C18H21BrN2O4S. The molecule has 0 aromatic heterocycles. The molecule has 140 valence electrons. The van der Waals surface area contributed by atoms with E-state index in [2.05, 4.69) is 25.9 Å². The Balaban J connectivity index is 2.20. The van der Waals surface area contributed by atoms with Gasteiger partial charge in [0.05, 0.1) is 28.8 Å². The van der Waals surface area contributed by atoms with E-state index in [0.717, 1.165) is 5.56 Å². The summed E-state index contributed by atoms with van der Waals surface area (Å²) >= 11 is 3.44. The standard InChI is InChI=1S/C18H21BrN2O4S/c1-4-24-17-11-14(10-16(19)18(17)25-5-2)12-20-21-26(22,23)15-8-6-13(3)7-9-15/h6-12,21H,4-5H2,1-3H3/b20-12-. The van der Waals surface area contributed by atoms with Gasteiger partial charge in [-0.05, 0) is 66.5 Å². The second-order valence-electron chi connectivity index (χ2n) is 5.36. The van der Waals surface area contributed by atoms with Crippen LogP contribution in [0.25, 0.3) is 0 Å². The molecule has 2 rings (SSSR count). The molecule has 6 nitrogen and oxygen atoms in total. The van der Waals surface area contributed by atoms with Crippen molar-refractivity contribution in [3.8, 4) is 11.5 Å². The van der Waals surface area contributed by atoms with Crippen LogP contribution in [0.2, 0.25) is 0 Å². The number of hydrogen-bond acceptors (Lipinski definition) is 5. The SMILES string of the molecule is CCOc1cc(/C=N\NS(=O)(=O)c2ccc(C)cc2)cc(Br)c1OCC. The van der Waals surface area contributed by atoms with Crippen molar-refractivity contribution in [2.45, 2.75) is 25.7 Å². The molecule has 0 unspecified atom stereocenters. The lowest BCUT2D eigenvalue weighted by Gasteiger charge is -2.13. The number of sulfonamides is 1. The minimum absolute atomic E-state index is 0.156. The first-order valence-electron chi connectivity index (χ1n) is 8.08. The molecule has 0 aliphatic heterocycles. The van der Waals surface area contributed by atoms with Gasteiger partial charge in [0, 0.05) is 0 Å². The molecule has 0 amide bonds. The largest absolute Gasteiger partial charge is 0.490 e. The summed E-state index contributed by atoms with van der Waals surface area (Å²) < 4.78 is 36.3. The number of halogens is 1. The van der Waals surface area contributed by atoms with E-state index in [1.807, 2.05) is 20.8 Å². The average Bonchev–Trinajstić information content (AvgIpc) is 2.58. The van der Waals surface area contributed by atoms with Crippen LogP contribution in [0.3, 0.4) is 0 Å². The number of nitrogens with zero attached hydrogens (tertiary/aromatic N) is 1. The van der Waals surface area contributed by atoms with Crippen LogP contribution in [0, 0.1) is 6.92 Å². The van der Waals surface area contributed by atoms with E-state index >= 15 is 0 Å². The van der Waals surface area contributed by atoms with E-state index in [4.69, 9.17) is 9.47 Å². The molecule has 0 saturated heterocycles. The first kappa shape index (κ1) is 20.3. The Morgan fingerprint density at radius 3 is 2.38 bits per heavy atom. The Hall–Kier alpha value is -2.06. The van der Waals surface area contributed by atoms with Gasteiger partial charge in [-0.25, -0.2) is 4.83 Å². The van der Waals surface area contributed by atoms with Crippen LogP contribution in [0.1, 0.15) is 25.0 Å². The Kier molecular flexibility index (Phi) is 7.05. The molecule has 2 aromatic rings. The Labute approximate surface area is 162 Å². The smallest absolute Gasteiger partial charge is 0.276 e. The van der Waals surface area contributed by atoms with Crippen LogP contribution in [0.4, 0.5) is 0 Å². The average molecular weight is 441 g/mol. The van der Waals surface area contributed by atoms with Crippen molar-refractivity contribution >= 4 is 32.2 Å². The van der Waals surface area contributed by atoms with Gasteiger partial charge >= 0.3 is 0 Å². The lowest BCUT2D eigenvalue weighted by molar-refractivity contribution is 0.286. The van der Waals surface area contributed by atoms with Gasteiger partial charge in [-0.3, -0.25) is 0 Å². The fraction of sp³-hybridized carbons (Fsp3) is 0.278. The van der Waals surface area contributed by atoms with Gasteiger partial charge in [0.25, 0.3) is 10.0 Å². The third kappa shape index (κ3) is 5.22. The monoisotopic (exact) mass is 440 g/mol. The second kappa shape index (κ2) is 9.05. The number of nitrogens with one attached hydrogen (secondary N) is 1. The Morgan fingerprint density at radius 1 is 1.12 bits per heavy atom. The lowest BCUT2D eigenvalue weighted by Crippen LogP contribution is -2.18. The van der Waals surface area contributed by atoms with Gasteiger partial charge in [-0.2, -0.15) is 13.5 Å². The van der Waals surface area contributed by atoms with E-state index in [9.17, 15) is 8.42 Å². The third-order valence-corrected chi connectivity index (χ3v) is 5.17. The van der Waals surface area contributed by atoms with Crippen molar-refractivity contribution in [2.24, 2.45) is 5.10 Å². The normalized spacial score (nSPS) is 11.5. The Morgan fingerprint density at radius 2 is 1.77 bits per heavy atom. The molecule has 0 heterocycles. The molecule has 0 atom stereocenters. The molecule has 0 saturated carbocycles. The van der Waals surface area contributed by atoms with Gasteiger partial charge in [-0.1, -0.05) is 17.7 Å². The zero-order valence-corrected chi connectivity index (χ0v) is 17.2. The molecule has 2 aromatic carbocycles. The highest BCUT2D eigenvalue weighted by Gasteiger charge is 2.13. The molecule has 0 aliphatic rings. The molecule has 1 N–H and O–H groups in total. The van der Waals surface area contributed by atoms with Crippen molar-refractivity contribution < 1.29 is 17.9 Å². The number of aryl methyl sites for hydroxylation is 1. The highest BCUT2D eigenvalue weighted by Crippen LogP contribution is 2.36. The molecule has 0 bridgehead atoms. The van der Waals surface area contributed by atoms with Crippen LogP contribution in [0.5, 0.6) is 11.5 Å². The minimum atomic E-state index is -3.71. The first-order chi connectivity index (χ1) is 12.4. The Bertz CT molecular complexity index is 881. The zero-order chi connectivity index (χ0) is 19.2. The molecule has 0 radical (unpaired) electrons. The van der Waals surface area contributed by atoms with Crippen LogP contribution in [-0.2, 0) is 10.0 Å². The fourth-order valence-electron chi connectivity index (χ4n) is 2.15. The molecule has 8 heteroatoms. The summed E-state index contributed by atoms with van der Waals surface area (Å²) in [5, 5.41) is 3.85. The highest BCUT2D eigenvalue weighted by atomic mass is 79.9. The maximum absolute atomic E-state index is 12.2. The summed E-state index contributed by atoms with van der Waals surface area (Å²) in [5.41, 5.74) is 1.64. The predicted octanol–water partition coefficient (Wildman–Crippen LogP) is 3.87. The van der Waals surface area contributed by atoms with E-state index in [-0.39, 0.29) is 4.90 Å². The van der Waals surface area contributed by atoms with Crippen LogP contribution < -0.4 is 14.3 Å².